The highest BCUT2D eigenvalue weighted by atomic mass is 16.5. The molecule has 0 aliphatic rings. The van der Waals surface area contributed by atoms with Crippen molar-refractivity contribution in [3.63, 3.8) is 0 Å². The van der Waals surface area contributed by atoms with E-state index < -0.39 is 12.1 Å². The molecule has 0 saturated heterocycles. The topological polar surface area (TPSA) is 95.9 Å². The van der Waals surface area contributed by atoms with E-state index in [4.69, 9.17) is 4.74 Å². The minimum Gasteiger partial charge on any atom is -0.466 e. The van der Waals surface area contributed by atoms with Crippen LogP contribution in [0.25, 0.3) is 0 Å². The summed E-state index contributed by atoms with van der Waals surface area (Å²) in [4.78, 5) is 24.4. The van der Waals surface area contributed by atoms with E-state index >= 15 is 0 Å². The van der Waals surface area contributed by atoms with Crippen molar-refractivity contribution >= 4 is 11.9 Å². The van der Waals surface area contributed by atoms with E-state index in [9.17, 15) is 19.8 Å². The predicted molar refractivity (Wildman–Crippen MR) is 255 cm³/mol. The molecule has 0 saturated carbocycles. The molecule has 0 aliphatic heterocycles. The van der Waals surface area contributed by atoms with Gasteiger partial charge in [-0.15, -0.1) is 0 Å². The fraction of sp³-hybridized carbons (Fsp3) is 0.849. The fourth-order valence-electron chi connectivity index (χ4n) is 7.65. The molecule has 0 heterocycles. The third-order valence-corrected chi connectivity index (χ3v) is 11.7. The van der Waals surface area contributed by atoms with Crippen molar-refractivity contribution in [1.82, 2.24) is 5.32 Å². The molecular weight excluding hydrogens is 731 g/mol. The summed E-state index contributed by atoms with van der Waals surface area (Å²) in [5.41, 5.74) is 0. The Balaban J connectivity index is 3.40. The molecule has 0 aromatic rings. The van der Waals surface area contributed by atoms with E-state index in [0.717, 1.165) is 51.4 Å². The van der Waals surface area contributed by atoms with Gasteiger partial charge in [0.1, 0.15) is 0 Å². The Morgan fingerprint density at radius 3 is 1.34 bits per heavy atom. The number of hydrogen-bond donors (Lipinski definition) is 3. The van der Waals surface area contributed by atoms with Gasteiger partial charge < -0.3 is 20.3 Å². The van der Waals surface area contributed by atoms with Gasteiger partial charge in [0, 0.05) is 12.8 Å². The molecule has 0 rings (SSSR count). The lowest BCUT2D eigenvalue weighted by Crippen LogP contribution is -2.45. The Morgan fingerprint density at radius 2 is 0.864 bits per heavy atom. The Hall–Kier alpha value is -1.92. The number of ether oxygens (including phenoxy) is 1. The maximum atomic E-state index is 12.4. The summed E-state index contributed by atoms with van der Waals surface area (Å²) in [6.07, 6.45) is 58.7. The molecule has 0 aliphatic carbocycles. The first-order valence-corrected chi connectivity index (χ1v) is 25.8. The molecule has 59 heavy (non-hydrogen) atoms. The Kier molecular flexibility index (Phi) is 47.2. The normalized spacial score (nSPS) is 12.9. The molecule has 0 fully saturated rings. The summed E-state index contributed by atoms with van der Waals surface area (Å²) in [6.45, 7) is 4.81. The number of rotatable bonds is 47. The van der Waals surface area contributed by atoms with Crippen LogP contribution in [0.3, 0.4) is 0 Å². The number of carbonyl (C=O) groups is 2. The summed E-state index contributed by atoms with van der Waals surface area (Å²) < 4.78 is 5.46. The van der Waals surface area contributed by atoms with Crippen LogP contribution in [0.15, 0.2) is 36.5 Å². The van der Waals surface area contributed by atoms with Crippen LogP contribution in [-0.2, 0) is 14.3 Å². The van der Waals surface area contributed by atoms with Crippen LogP contribution in [0, 0.1) is 0 Å². The molecule has 0 aromatic carbocycles. The number of amides is 1. The van der Waals surface area contributed by atoms with Gasteiger partial charge in [-0.25, -0.2) is 0 Å². The van der Waals surface area contributed by atoms with Gasteiger partial charge in [0.05, 0.1) is 25.4 Å². The maximum Gasteiger partial charge on any atom is 0.305 e. The molecule has 1 amide bonds. The van der Waals surface area contributed by atoms with Crippen molar-refractivity contribution in [1.29, 1.82) is 0 Å². The van der Waals surface area contributed by atoms with Gasteiger partial charge in [0.15, 0.2) is 0 Å². The molecule has 0 radical (unpaired) electrons. The van der Waals surface area contributed by atoms with Crippen molar-refractivity contribution in [2.45, 2.75) is 276 Å². The molecule has 6 heteroatoms. The van der Waals surface area contributed by atoms with Gasteiger partial charge in [0.25, 0.3) is 0 Å². The Morgan fingerprint density at radius 1 is 0.475 bits per heavy atom. The summed E-state index contributed by atoms with van der Waals surface area (Å²) in [6, 6.07) is -0.628. The Bertz CT molecular complexity index is 962. The van der Waals surface area contributed by atoms with Crippen LogP contribution in [0.5, 0.6) is 0 Å². The number of carbonyl (C=O) groups excluding carboxylic acids is 2. The highest BCUT2D eigenvalue weighted by molar-refractivity contribution is 5.76. The molecule has 0 aromatic heterocycles. The SMILES string of the molecule is CCCC/C=C\C/C=C\CCCCCCCC(=O)OCCCCCCCCCCCCCCCCCCCCCC(=O)NC(CO)C(O)/C=C/CCCCCCCCC. The molecule has 0 spiro atoms. The zero-order chi connectivity index (χ0) is 43.0. The third-order valence-electron chi connectivity index (χ3n) is 11.7. The lowest BCUT2D eigenvalue weighted by atomic mass is 10.0. The number of aliphatic hydroxyl groups excluding tert-OH is 2. The number of hydrogen-bond acceptors (Lipinski definition) is 5. The third kappa shape index (κ3) is 45.4. The van der Waals surface area contributed by atoms with Gasteiger partial charge in [-0.3, -0.25) is 9.59 Å². The minimum absolute atomic E-state index is 0.00722. The van der Waals surface area contributed by atoms with Gasteiger partial charge in [-0.1, -0.05) is 230 Å². The molecule has 0 bridgehead atoms. The van der Waals surface area contributed by atoms with Crippen molar-refractivity contribution in [2.24, 2.45) is 0 Å². The van der Waals surface area contributed by atoms with Gasteiger partial charge in [0.2, 0.25) is 5.91 Å². The monoisotopic (exact) mass is 830 g/mol. The van der Waals surface area contributed by atoms with E-state index in [0.29, 0.717) is 19.4 Å². The second-order valence-electron chi connectivity index (χ2n) is 17.5. The van der Waals surface area contributed by atoms with Crippen LogP contribution >= 0.6 is 0 Å². The first kappa shape index (κ1) is 57.1. The maximum absolute atomic E-state index is 12.4. The first-order chi connectivity index (χ1) is 29.0. The van der Waals surface area contributed by atoms with Gasteiger partial charge >= 0.3 is 5.97 Å². The van der Waals surface area contributed by atoms with Crippen molar-refractivity contribution in [3.05, 3.63) is 36.5 Å². The lowest BCUT2D eigenvalue weighted by molar-refractivity contribution is -0.143. The molecule has 3 N–H and O–H groups in total. The van der Waals surface area contributed by atoms with Crippen LogP contribution in [0.2, 0.25) is 0 Å². The van der Waals surface area contributed by atoms with Crippen molar-refractivity contribution in [3.8, 4) is 0 Å². The van der Waals surface area contributed by atoms with Crippen molar-refractivity contribution < 1.29 is 24.5 Å². The number of nitrogens with one attached hydrogen (secondary N) is 1. The highest BCUT2D eigenvalue weighted by Crippen LogP contribution is 2.16. The second-order valence-corrected chi connectivity index (χ2v) is 17.5. The average molecular weight is 830 g/mol. The number of esters is 1. The number of allylic oxidation sites excluding steroid dienone is 5. The smallest absolute Gasteiger partial charge is 0.305 e. The number of aliphatic hydroxyl groups is 2. The van der Waals surface area contributed by atoms with Crippen LogP contribution in [0.1, 0.15) is 264 Å². The van der Waals surface area contributed by atoms with Crippen LogP contribution in [-0.4, -0.2) is 47.4 Å². The van der Waals surface area contributed by atoms with Crippen molar-refractivity contribution in [2.75, 3.05) is 13.2 Å². The highest BCUT2D eigenvalue weighted by Gasteiger charge is 2.18. The lowest BCUT2D eigenvalue weighted by Gasteiger charge is -2.20. The zero-order valence-corrected chi connectivity index (χ0v) is 39.2. The van der Waals surface area contributed by atoms with E-state index in [1.54, 1.807) is 6.08 Å². The average Bonchev–Trinajstić information content (AvgIpc) is 3.24. The molecule has 2 atom stereocenters. The van der Waals surface area contributed by atoms with E-state index in [1.807, 2.05) is 6.08 Å². The fourth-order valence-corrected chi connectivity index (χ4v) is 7.65. The predicted octanol–water partition coefficient (Wildman–Crippen LogP) is 15.3. The molecule has 6 nitrogen and oxygen atoms in total. The van der Waals surface area contributed by atoms with E-state index in [-0.39, 0.29) is 18.5 Å². The summed E-state index contributed by atoms with van der Waals surface area (Å²) >= 11 is 0. The minimum atomic E-state index is -0.844. The largest absolute Gasteiger partial charge is 0.466 e. The van der Waals surface area contributed by atoms with Crippen LogP contribution in [0.4, 0.5) is 0 Å². The standard InChI is InChI=1S/C53H99NO5/c1-3-5-7-9-11-13-14-15-24-27-31-35-39-43-47-53(58)59-48-44-40-36-32-28-25-22-20-18-16-17-19-21-23-26-30-34-38-42-46-52(57)54-50(49-55)51(56)45-41-37-33-29-12-10-8-6-4-2/h9,11,14-15,41,45,50-51,55-56H,3-8,10,12-13,16-40,42-44,46-49H2,1-2H3,(H,54,57)/b11-9-,15-14-,45-41+. The summed E-state index contributed by atoms with van der Waals surface area (Å²) in [5, 5.41) is 22.9. The quantitative estimate of drug-likeness (QED) is 0.0323. The van der Waals surface area contributed by atoms with Crippen LogP contribution < -0.4 is 5.32 Å². The molecule has 346 valence electrons. The number of unbranched alkanes of at least 4 members (excludes halogenated alkanes) is 32. The van der Waals surface area contributed by atoms with Gasteiger partial charge in [-0.05, 0) is 57.8 Å². The summed E-state index contributed by atoms with van der Waals surface area (Å²) in [7, 11) is 0. The second kappa shape index (κ2) is 48.7. The van der Waals surface area contributed by atoms with Gasteiger partial charge in [-0.2, -0.15) is 0 Å². The summed E-state index contributed by atoms with van der Waals surface area (Å²) in [5.74, 6) is -0.0819. The Labute approximate surface area is 366 Å². The van der Waals surface area contributed by atoms with E-state index in [2.05, 4.69) is 43.5 Å². The molecule has 2 unspecified atom stereocenters. The van der Waals surface area contributed by atoms with E-state index in [1.165, 1.54) is 186 Å². The first-order valence-electron chi connectivity index (χ1n) is 25.8. The molecular formula is C53H99NO5. The zero-order valence-electron chi connectivity index (χ0n) is 39.2.